The van der Waals surface area contributed by atoms with E-state index in [0.29, 0.717) is 19.0 Å². The van der Waals surface area contributed by atoms with Gasteiger partial charge in [-0.3, -0.25) is 0 Å². The van der Waals surface area contributed by atoms with Gasteiger partial charge in [-0.15, -0.1) is 0 Å². The van der Waals surface area contributed by atoms with Crippen molar-refractivity contribution >= 4 is 17.3 Å². The van der Waals surface area contributed by atoms with Gasteiger partial charge in [-0.25, -0.2) is 15.8 Å². The summed E-state index contributed by atoms with van der Waals surface area (Å²) in [6, 6.07) is 0.152. The average molecular weight is 278 g/mol. The average Bonchev–Trinajstić information content (AvgIpc) is 2.95. The number of nitrogens with zero attached hydrogens (tertiary/aromatic N) is 4. The van der Waals surface area contributed by atoms with Crippen LogP contribution in [0, 0.1) is 0 Å². The van der Waals surface area contributed by atoms with Gasteiger partial charge in [0.2, 0.25) is 0 Å². The van der Waals surface area contributed by atoms with Crippen molar-refractivity contribution in [3.05, 3.63) is 18.6 Å². The monoisotopic (exact) mass is 278 g/mol. The molecular weight excluding hydrogens is 260 g/mol. The first-order valence-corrected chi connectivity index (χ1v) is 6.52. The van der Waals surface area contributed by atoms with E-state index in [4.69, 9.17) is 10.6 Å². The summed E-state index contributed by atoms with van der Waals surface area (Å²) >= 11 is 0. The van der Waals surface area contributed by atoms with Gasteiger partial charge in [-0.1, -0.05) is 0 Å². The van der Waals surface area contributed by atoms with Crippen molar-refractivity contribution in [2.24, 2.45) is 5.84 Å². The lowest BCUT2D eigenvalue weighted by atomic mass is 10.2. The standard InChI is InChI=1S/C12H18N6O2/c1-8-7-20-9(6-19)4-18(8)12-11-14-2-3-17(11)5-10(15-12)16-13/h2-3,5,8-9,16,19H,4,6-7,13H2,1H3. The molecule has 3 rings (SSSR count). The second-order valence-electron chi connectivity index (χ2n) is 4.89. The molecule has 3 heterocycles. The first-order chi connectivity index (χ1) is 9.72. The summed E-state index contributed by atoms with van der Waals surface area (Å²) in [5, 5.41) is 9.29. The van der Waals surface area contributed by atoms with Crippen LogP contribution in [0.5, 0.6) is 0 Å². The summed E-state index contributed by atoms with van der Waals surface area (Å²) in [6.45, 7) is 3.15. The first-order valence-electron chi connectivity index (χ1n) is 6.52. The van der Waals surface area contributed by atoms with Crippen molar-refractivity contribution in [2.45, 2.75) is 19.1 Å². The highest BCUT2D eigenvalue weighted by Crippen LogP contribution is 2.25. The molecule has 20 heavy (non-hydrogen) atoms. The van der Waals surface area contributed by atoms with Gasteiger partial charge in [-0.05, 0) is 6.92 Å². The van der Waals surface area contributed by atoms with Gasteiger partial charge in [0, 0.05) is 18.9 Å². The molecule has 1 aliphatic rings. The fourth-order valence-electron chi connectivity index (χ4n) is 2.40. The molecule has 1 saturated heterocycles. The molecule has 0 saturated carbocycles. The number of hydrazine groups is 1. The highest BCUT2D eigenvalue weighted by Gasteiger charge is 2.28. The van der Waals surface area contributed by atoms with Crippen molar-refractivity contribution < 1.29 is 9.84 Å². The molecule has 108 valence electrons. The van der Waals surface area contributed by atoms with Crippen molar-refractivity contribution in [2.75, 3.05) is 30.1 Å². The lowest BCUT2D eigenvalue weighted by Gasteiger charge is -2.38. The molecule has 2 aromatic rings. The number of morpholine rings is 1. The number of rotatable bonds is 3. The van der Waals surface area contributed by atoms with Crippen LogP contribution in [0.1, 0.15) is 6.92 Å². The van der Waals surface area contributed by atoms with Crippen LogP contribution in [0.2, 0.25) is 0 Å². The number of anilines is 2. The number of nitrogens with one attached hydrogen (secondary N) is 1. The Morgan fingerprint density at radius 1 is 1.60 bits per heavy atom. The van der Waals surface area contributed by atoms with Gasteiger partial charge in [0.15, 0.2) is 17.3 Å². The number of imidazole rings is 1. The lowest BCUT2D eigenvalue weighted by Crippen LogP contribution is -2.50. The second kappa shape index (κ2) is 5.23. The molecule has 0 spiro atoms. The summed E-state index contributed by atoms with van der Waals surface area (Å²) in [5.74, 6) is 6.76. The van der Waals surface area contributed by atoms with Crippen LogP contribution in [-0.2, 0) is 4.74 Å². The Kier molecular flexibility index (Phi) is 3.43. The van der Waals surface area contributed by atoms with Crippen LogP contribution in [0.3, 0.4) is 0 Å². The Hall–Kier alpha value is -1.90. The van der Waals surface area contributed by atoms with E-state index in [0.717, 1.165) is 11.5 Å². The Morgan fingerprint density at radius 2 is 2.45 bits per heavy atom. The van der Waals surface area contributed by atoms with E-state index in [9.17, 15) is 5.11 Å². The first kappa shape index (κ1) is 13.1. The Bertz CT molecular complexity index is 601. The minimum absolute atomic E-state index is 0.0111. The number of nitrogens with two attached hydrogens (primary N) is 1. The third kappa shape index (κ3) is 2.17. The van der Waals surface area contributed by atoms with E-state index in [1.807, 2.05) is 10.6 Å². The van der Waals surface area contributed by atoms with Crippen LogP contribution in [-0.4, -0.2) is 51.4 Å². The predicted octanol–water partition coefficient (Wildman–Crippen LogP) is -0.399. The van der Waals surface area contributed by atoms with E-state index in [1.54, 1.807) is 12.4 Å². The zero-order chi connectivity index (χ0) is 14.1. The SMILES string of the molecule is CC1COC(CO)CN1c1nc(NN)cn2ccnc12. The number of nitrogen functional groups attached to an aromatic ring is 1. The summed E-state index contributed by atoms with van der Waals surface area (Å²) in [6.07, 6.45) is 5.13. The zero-order valence-corrected chi connectivity index (χ0v) is 11.2. The van der Waals surface area contributed by atoms with Gasteiger partial charge < -0.3 is 24.6 Å². The predicted molar refractivity (Wildman–Crippen MR) is 74.4 cm³/mol. The Balaban J connectivity index is 2.04. The second-order valence-corrected chi connectivity index (χ2v) is 4.89. The molecule has 8 heteroatoms. The van der Waals surface area contributed by atoms with E-state index in [1.165, 1.54) is 0 Å². The fourth-order valence-corrected chi connectivity index (χ4v) is 2.40. The largest absolute Gasteiger partial charge is 0.394 e. The van der Waals surface area contributed by atoms with Gasteiger partial charge >= 0.3 is 0 Å². The topological polar surface area (TPSA) is 101 Å². The maximum atomic E-state index is 9.29. The number of aliphatic hydroxyl groups excluding tert-OH is 1. The molecule has 8 nitrogen and oxygen atoms in total. The summed E-state index contributed by atoms with van der Waals surface area (Å²) < 4.78 is 7.42. The lowest BCUT2D eigenvalue weighted by molar-refractivity contribution is -0.0105. The van der Waals surface area contributed by atoms with Crippen LogP contribution in [0.4, 0.5) is 11.6 Å². The number of fused-ring (bicyclic) bond motifs is 1. The summed E-state index contributed by atoms with van der Waals surface area (Å²) in [5.41, 5.74) is 3.32. The molecule has 0 aliphatic carbocycles. The van der Waals surface area contributed by atoms with Crippen LogP contribution in [0.25, 0.3) is 5.65 Å². The maximum Gasteiger partial charge on any atom is 0.180 e. The van der Waals surface area contributed by atoms with Crippen molar-refractivity contribution in [1.29, 1.82) is 0 Å². The molecule has 4 N–H and O–H groups in total. The molecule has 2 unspecified atom stereocenters. The van der Waals surface area contributed by atoms with Crippen molar-refractivity contribution in [1.82, 2.24) is 14.4 Å². The third-order valence-electron chi connectivity index (χ3n) is 3.49. The highest BCUT2D eigenvalue weighted by atomic mass is 16.5. The van der Waals surface area contributed by atoms with Crippen LogP contribution < -0.4 is 16.2 Å². The van der Waals surface area contributed by atoms with Crippen molar-refractivity contribution in [3.63, 3.8) is 0 Å². The number of aliphatic hydroxyl groups is 1. The van der Waals surface area contributed by atoms with Crippen LogP contribution in [0.15, 0.2) is 18.6 Å². The number of aromatic nitrogens is 3. The van der Waals surface area contributed by atoms with E-state index in [-0.39, 0.29) is 18.8 Å². The highest BCUT2D eigenvalue weighted by molar-refractivity contribution is 5.67. The smallest absolute Gasteiger partial charge is 0.180 e. The molecule has 0 amide bonds. The number of hydrogen-bond acceptors (Lipinski definition) is 7. The zero-order valence-electron chi connectivity index (χ0n) is 11.2. The molecule has 0 bridgehead atoms. The Morgan fingerprint density at radius 3 is 3.20 bits per heavy atom. The number of ether oxygens (including phenoxy) is 1. The summed E-state index contributed by atoms with van der Waals surface area (Å²) in [4.78, 5) is 10.9. The van der Waals surface area contributed by atoms with E-state index >= 15 is 0 Å². The van der Waals surface area contributed by atoms with Crippen LogP contribution >= 0.6 is 0 Å². The quantitative estimate of drug-likeness (QED) is 0.519. The van der Waals surface area contributed by atoms with E-state index < -0.39 is 0 Å². The van der Waals surface area contributed by atoms with Crippen molar-refractivity contribution in [3.8, 4) is 0 Å². The van der Waals surface area contributed by atoms with Gasteiger partial charge in [0.1, 0.15) is 0 Å². The third-order valence-corrected chi connectivity index (χ3v) is 3.49. The molecule has 0 radical (unpaired) electrons. The summed E-state index contributed by atoms with van der Waals surface area (Å²) in [7, 11) is 0. The van der Waals surface area contributed by atoms with E-state index in [2.05, 4.69) is 27.2 Å². The molecule has 1 fully saturated rings. The number of hydrogen-bond donors (Lipinski definition) is 3. The normalized spacial score (nSPS) is 23.2. The molecule has 2 aromatic heterocycles. The minimum atomic E-state index is -0.211. The maximum absolute atomic E-state index is 9.29. The molecule has 2 atom stereocenters. The Labute approximate surface area is 116 Å². The minimum Gasteiger partial charge on any atom is -0.394 e. The fraction of sp³-hybridized carbons (Fsp3) is 0.500. The molecule has 0 aromatic carbocycles. The van der Waals surface area contributed by atoms with Gasteiger partial charge in [0.05, 0.1) is 31.6 Å². The van der Waals surface area contributed by atoms with Gasteiger partial charge in [-0.2, -0.15) is 0 Å². The molecular formula is C12H18N6O2. The van der Waals surface area contributed by atoms with Gasteiger partial charge in [0.25, 0.3) is 0 Å². The molecule has 1 aliphatic heterocycles.